The molecule has 2 aromatic carbocycles. The van der Waals surface area contributed by atoms with E-state index in [1.807, 2.05) is 6.92 Å². The van der Waals surface area contributed by atoms with Crippen LogP contribution in [0.2, 0.25) is 0 Å². The lowest BCUT2D eigenvalue weighted by Crippen LogP contribution is -2.36. The van der Waals surface area contributed by atoms with Crippen LogP contribution in [0.25, 0.3) is 10.9 Å². The van der Waals surface area contributed by atoms with Crippen molar-refractivity contribution in [2.45, 2.75) is 13.3 Å². The third-order valence-electron chi connectivity index (χ3n) is 4.76. The Morgan fingerprint density at radius 1 is 1.17 bits per heavy atom. The van der Waals surface area contributed by atoms with E-state index >= 15 is 0 Å². The van der Waals surface area contributed by atoms with Crippen molar-refractivity contribution in [3.05, 3.63) is 59.6 Å². The molecule has 3 aromatic rings. The lowest BCUT2D eigenvalue weighted by molar-refractivity contribution is -0.120. The van der Waals surface area contributed by atoms with Crippen LogP contribution in [0.15, 0.2) is 53.8 Å². The number of anilines is 3. The van der Waals surface area contributed by atoms with Crippen LogP contribution in [0, 0.1) is 5.82 Å². The largest absolute Gasteiger partial charge is 0.489 e. The average Bonchev–Trinajstić information content (AvgIpc) is 2.84. The van der Waals surface area contributed by atoms with Crippen molar-refractivity contribution >= 4 is 55.8 Å². The van der Waals surface area contributed by atoms with Crippen molar-refractivity contribution in [3.8, 4) is 5.75 Å². The molecule has 9 nitrogen and oxygen atoms in total. The molecular weight excluding hydrogens is 519 g/mol. The van der Waals surface area contributed by atoms with Crippen molar-refractivity contribution in [1.29, 1.82) is 0 Å². The number of hydrogen-bond donors (Lipinski definition) is 4. The van der Waals surface area contributed by atoms with Gasteiger partial charge in [-0.25, -0.2) is 14.4 Å². The first-order chi connectivity index (χ1) is 16.9. The summed E-state index contributed by atoms with van der Waals surface area (Å²) in [5.41, 5.74) is 1.10. The van der Waals surface area contributed by atoms with E-state index in [2.05, 4.69) is 53.7 Å². The average molecular weight is 545 g/mol. The summed E-state index contributed by atoms with van der Waals surface area (Å²) in [7, 11) is 0. The van der Waals surface area contributed by atoms with Crippen LogP contribution in [0.5, 0.6) is 5.75 Å². The molecule has 0 atom stereocenters. The number of rotatable bonds is 12. The summed E-state index contributed by atoms with van der Waals surface area (Å²) < 4.78 is 20.8. The van der Waals surface area contributed by atoms with Crippen molar-refractivity contribution < 1.29 is 18.7 Å². The number of nitrogens with zero attached hydrogens (tertiary/aromatic N) is 2. The van der Waals surface area contributed by atoms with Crippen molar-refractivity contribution in [1.82, 2.24) is 20.6 Å². The van der Waals surface area contributed by atoms with E-state index in [1.165, 1.54) is 12.4 Å². The molecule has 0 aliphatic heterocycles. The van der Waals surface area contributed by atoms with Gasteiger partial charge in [0.25, 0.3) is 0 Å². The highest BCUT2D eigenvalue weighted by molar-refractivity contribution is 9.10. The molecular formula is C24H26BrFN6O3. The molecule has 35 heavy (non-hydrogen) atoms. The van der Waals surface area contributed by atoms with E-state index in [-0.39, 0.29) is 31.3 Å². The van der Waals surface area contributed by atoms with Crippen LogP contribution in [-0.2, 0) is 9.59 Å². The minimum atomic E-state index is -0.460. The van der Waals surface area contributed by atoms with E-state index in [1.54, 1.807) is 24.3 Å². The molecule has 0 radical (unpaired) electrons. The summed E-state index contributed by atoms with van der Waals surface area (Å²) in [5, 5.41) is 12.0. The molecule has 0 saturated heterocycles. The normalized spacial score (nSPS) is 10.6. The van der Waals surface area contributed by atoms with Gasteiger partial charge < -0.3 is 26.0 Å². The van der Waals surface area contributed by atoms with Crippen LogP contribution in [-0.4, -0.2) is 48.0 Å². The third kappa shape index (κ3) is 7.46. The van der Waals surface area contributed by atoms with E-state index in [9.17, 15) is 14.0 Å². The number of halogens is 2. The summed E-state index contributed by atoms with van der Waals surface area (Å²) in [5.74, 6) is -0.327. The molecule has 0 aliphatic rings. The molecule has 184 valence electrons. The predicted octanol–water partition coefficient (Wildman–Crippen LogP) is 3.89. The molecule has 0 unspecified atom stereocenters. The lowest BCUT2D eigenvalue weighted by Gasteiger charge is -2.15. The van der Waals surface area contributed by atoms with Gasteiger partial charge in [-0.05, 0) is 43.3 Å². The number of amides is 2. The van der Waals surface area contributed by atoms with Gasteiger partial charge in [-0.2, -0.15) is 0 Å². The van der Waals surface area contributed by atoms with Gasteiger partial charge in [-0.15, -0.1) is 0 Å². The monoisotopic (exact) mass is 544 g/mol. The fourth-order valence-corrected chi connectivity index (χ4v) is 3.43. The number of carbonyl (C=O) groups excluding carboxylic acids is 2. The van der Waals surface area contributed by atoms with E-state index in [0.717, 1.165) is 19.0 Å². The van der Waals surface area contributed by atoms with Gasteiger partial charge in [0, 0.05) is 15.9 Å². The summed E-state index contributed by atoms with van der Waals surface area (Å²) in [6, 6.07) is 7.90. The quantitative estimate of drug-likeness (QED) is 0.202. The molecule has 0 aliphatic carbocycles. The molecule has 2 amide bonds. The molecule has 0 spiro atoms. The zero-order valence-electron chi connectivity index (χ0n) is 19.2. The number of aromatic nitrogens is 2. The highest BCUT2D eigenvalue weighted by Crippen LogP contribution is 2.34. The Bertz CT molecular complexity index is 1220. The fraction of sp³-hybridized carbons (Fsp3) is 0.250. The molecule has 0 saturated carbocycles. The second-order valence-electron chi connectivity index (χ2n) is 7.41. The molecule has 4 N–H and O–H groups in total. The minimum Gasteiger partial charge on any atom is -0.489 e. The lowest BCUT2D eigenvalue weighted by atomic mass is 10.1. The maximum absolute atomic E-state index is 14.4. The Morgan fingerprint density at radius 2 is 2.00 bits per heavy atom. The van der Waals surface area contributed by atoms with E-state index in [4.69, 9.17) is 4.74 Å². The fourth-order valence-electron chi connectivity index (χ4n) is 3.10. The predicted molar refractivity (Wildman–Crippen MR) is 137 cm³/mol. The number of carbonyl (C=O) groups is 2. The Morgan fingerprint density at radius 3 is 2.74 bits per heavy atom. The SMILES string of the molecule is C=CC(=O)Nc1cc2c(Nc3ccc(Br)cc3F)ncnc2cc1OCCNC(=O)CNCCC. The number of ether oxygens (including phenoxy) is 1. The Balaban J connectivity index is 1.81. The topological polar surface area (TPSA) is 117 Å². The smallest absolute Gasteiger partial charge is 0.247 e. The molecule has 1 aromatic heterocycles. The molecule has 0 bridgehead atoms. The molecule has 3 rings (SSSR count). The van der Waals surface area contributed by atoms with Crippen LogP contribution < -0.4 is 26.0 Å². The third-order valence-corrected chi connectivity index (χ3v) is 5.25. The summed E-state index contributed by atoms with van der Waals surface area (Å²) >= 11 is 3.23. The first-order valence-electron chi connectivity index (χ1n) is 11.0. The molecule has 0 fully saturated rings. The van der Waals surface area contributed by atoms with Gasteiger partial charge in [0.2, 0.25) is 11.8 Å². The van der Waals surface area contributed by atoms with Crippen LogP contribution in [0.1, 0.15) is 13.3 Å². The van der Waals surface area contributed by atoms with E-state index in [0.29, 0.717) is 32.6 Å². The van der Waals surface area contributed by atoms with Gasteiger partial charge in [-0.3, -0.25) is 9.59 Å². The molecule has 1 heterocycles. The number of fused-ring (bicyclic) bond motifs is 1. The summed E-state index contributed by atoms with van der Waals surface area (Å²) in [6.45, 7) is 6.94. The molecule has 11 heteroatoms. The van der Waals surface area contributed by atoms with Gasteiger partial charge in [0.05, 0.1) is 30.0 Å². The number of nitrogens with one attached hydrogen (secondary N) is 4. The van der Waals surface area contributed by atoms with Crippen LogP contribution in [0.4, 0.5) is 21.6 Å². The summed E-state index contributed by atoms with van der Waals surface area (Å²) in [4.78, 5) is 32.4. The maximum atomic E-state index is 14.4. The van der Waals surface area contributed by atoms with Gasteiger partial charge >= 0.3 is 0 Å². The second kappa shape index (κ2) is 12.8. The Labute approximate surface area is 210 Å². The zero-order valence-corrected chi connectivity index (χ0v) is 20.7. The van der Waals surface area contributed by atoms with Crippen LogP contribution >= 0.6 is 15.9 Å². The maximum Gasteiger partial charge on any atom is 0.247 e. The Hall–Kier alpha value is -3.57. The van der Waals surface area contributed by atoms with Crippen molar-refractivity contribution in [3.63, 3.8) is 0 Å². The number of benzene rings is 2. The van der Waals surface area contributed by atoms with Gasteiger partial charge in [-0.1, -0.05) is 29.4 Å². The van der Waals surface area contributed by atoms with Crippen LogP contribution in [0.3, 0.4) is 0 Å². The van der Waals surface area contributed by atoms with Crippen molar-refractivity contribution in [2.75, 3.05) is 36.9 Å². The van der Waals surface area contributed by atoms with Gasteiger partial charge in [0.15, 0.2) is 0 Å². The first kappa shape index (κ1) is 26.0. The second-order valence-corrected chi connectivity index (χ2v) is 8.32. The van der Waals surface area contributed by atoms with Gasteiger partial charge in [0.1, 0.15) is 30.3 Å². The highest BCUT2D eigenvalue weighted by atomic mass is 79.9. The van der Waals surface area contributed by atoms with E-state index < -0.39 is 11.7 Å². The zero-order chi connectivity index (χ0) is 25.2. The standard InChI is InChI=1S/C24H26BrFN6O3/c1-3-7-27-13-23(34)28-8-9-35-21-12-19-16(11-20(21)31-22(33)4-2)24(30-14-29-19)32-18-6-5-15(25)10-17(18)26/h4-6,10-12,14,27H,2-3,7-9,13H2,1H3,(H,28,34)(H,31,33)(H,29,30,32). The number of hydrogen-bond acceptors (Lipinski definition) is 7. The first-order valence-corrected chi connectivity index (χ1v) is 11.7. The van der Waals surface area contributed by atoms with Crippen molar-refractivity contribution in [2.24, 2.45) is 0 Å². The Kier molecular flexibility index (Phi) is 9.50. The minimum absolute atomic E-state index is 0.135. The summed E-state index contributed by atoms with van der Waals surface area (Å²) in [6.07, 6.45) is 3.42. The highest BCUT2D eigenvalue weighted by Gasteiger charge is 2.14.